The van der Waals surface area contributed by atoms with Gasteiger partial charge in [0.25, 0.3) is 0 Å². The fourth-order valence-corrected chi connectivity index (χ4v) is 2.66. The van der Waals surface area contributed by atoms with Crippen molar-refractivity contribution in [3.05, 3.63) is 17.8 Å². The second kappa shape index (κ2) is 3.72. The topological polar surface area (TPSA) is 56.7 Å². The van der Waals surface area contributed by atoms with Crippen LogP contribution >= 0.6 is 0 Å². The molecule has 0 amide bonds. The van der Waals surface area contributed by atoms with Crippen molar-refractivity contribution in [3.63, 3.8) is 0 Å². The molecule has 1 aliphatic carbocycles. The molecule has 2 heterocycles. The Morgan fingerprint density at radius 3 is 3.12 bits per heavy atom. The number of imidazole rings is 1. The fourth-order valence-electron chi connectivity index (χ4n) is 2.66. The van der Waals surface area contributed by atoms with Gasteiger partial charge in [0.15, 0.2) is 5.65 Å². The molecule has 2 atom stereocenters. The lowest BCUT2D eigenvalue weighted by Gasteiger charge is -2.04. The van der Waals surface area contributed by atoms with Gasteiger partial charge in [-0.3, -0.25) is 4.57 Å². The zero-order valence-electron chi connectivity index (χ0n) is 10.3. The van der Waals surface area contributed by atoms with Crippen molar-refractivity contribution >= 4 is 17.1 Å². The molecule has 2 aromatic rings. The minimum absolute atomic E-state index is 0.523. The first-order valence-corrected chi connectivity index (χ1v) is 6.30. The quantitative estimate of drug-likeness (QED) is 0.882. The van der Waals surface area contributed by atoms with E-state index in [1.54, 1.807) is 0 Å². The molecule has 90 valence electrons. The summed E-state index contributed by atoms with van der Waals surface area (Å²) in [5.41, 5.74) is 9.00. The van der Waals surface area contributed by atoms with E-state index in [0.29, 0.717) is 12.0 Å². The molecule has 2 unspecified atom stereocenters. The predicted molar refractivity (Wildman–Crippen MR) is 68.7 cm³/mol. The van der Waals surface area contributed by atoms with E-state index in [1.807, 2.05) is 19.2 Å². The summed E-state index contributed by atoms with van der Waals surface area (Å²) in [5.74, 6) is 1.38. The number of nitrogens with zero attached hydrogens (tertiary/aromatic N) is 3. The monoisotopic (exact) mass is 230 g/mol. The highest BCUT2D eigenvalue weighted by atomic mass is 15.2. The average molecular weight is 230 g/mol. The number of pyridine rings is 1. The van der Waals surface area contributed by atoms with E-state index < -0.39 is 0 Å². The Balaban J connectivity index is 2.02. The molecular weight excluding hydrogens is 212 g/mol. The van der Waals surface area contributed by atoms with E-state index in [2.05, 4.69) is 21.5 Å². The van der Waals surface area contributed by atoms with Crippen LogP contribution < -0.4 is 5.73 Å². The van der Waals surface area contributed by atoms with Crippen LogP contribution in [0.15, 0.2) is 12.3 Å². The lowest BCUT2D eigenvalue weighted by atomic mass is 10.2. The molecule has 0 saturated heterocycles. The fraction of sp³-hybridized carbons (Fsp3) is 0.538. The van der Waals surface area contributed by atoms with E-state index in [-0.39, 0.29) is 0 Å². The van der Waals surface area contributed by atoms with Crippen LogP contribution in [0.5, 0.6) is 0 Å². The van der Waals surface area contributed by atoms with Gasteiger partial charge in [0.2, 0.25) is 5.95 Å². The van der Waals surface area contributed by atoms with Crippen molar-refractivity contribution in [2.75, 3.05) is 5.73 Å². The summed E-state index contributed by atoms with van der Waals surface area (Å²) >= 11 is 0. The number of aromatic nitrogens is 3. The number of hydrogen-bond acceptors (Lipinski definition) is 3. The van der Waals surface area contributed by atoms with Crippen LogP contribution in [0.1, 0.15) is 37.8 Å². The van der Waals surface area contributed by atoms with Crippen LogP contribution in [-0.2, 0) is 0 Å². The molecule has 0 aromatic carbocycles. The molecule has 4 nitrogen and oxygen atoms in total. The highest BCUT2D eigenvalue weighted by Gasteiger charge is 2.39. The lowest BCUT2D eigenvalue weighted by molar-refractivity contribution is 0.619. The molecule has 1 aliphatic rings. The maximum Gasteiger partial charge on any atom is 0.202 e. The maximum absolute atomic E-state index is 6.01. The van der Waals surface area contributed by atoms with Crippen molar-refractivity contribution < 1.29 is 0 Å². The molecule has 1 saturated carbocycles. The minimum Gasteiger partial charge on any atom is -0.369 e. The number of rotatable bonds is 3. The van der Waals surface area contributed by atoms with Gasteiger partial charge in [0.1, 0.15) is 5.52 Å². The summed E-state index contributed by atoms with van der Waals surface area (Å²) in [5, 5.41) is 0. The van der Waals surface area contributed by atoms with E-state index in [0.717, 1.165) is 22.6 Å². The third-order valence-electron chi connectivity index (χ3n) is 3.57. The summed E-state index contributed by atoms with van der Waals surface area (Å²) < 4.78 is 2.12. The Bertz CT molecular complexity index is 558. The highest BCUT2D eigenvalue weighted by Crippen LogP contribution is 2.48. The molecule has 0 aliphatic heterocycles. The van der Waals surface area contributed by atoms with Crippen molar-refractivity contribution in [1.29, 1.82) is 0 Å². The third-order valence-corrected chi connectivity index (χ3v) is 3.57. The van der Waals surface area contributed by atoms with Gasteiger partial charge in [-0.1, -0.05) is 13.3 Å². The number of anilines is 1. The Morgan fingerprint density at radius 2 is 2.35 bits per heavy atom. The van der Waals surface area contributed by atoms with Crippen molar-refractivity contribution in [3.8, 4) is 0 Å². The van der Waals surface area contributed by atoms with Gasteiger partial charge in [0, 0.05) is 12.2 Å². The molecule has 2 N–H and O–H groups in total. The smallest absolute Gasteiger partial charge is 0.202 e. The van der Waals surface area contributed by atoms with E-state index in [4.69, 9.17) is 5.73 Å². The van der Waals surface area contributed by atoms with Crippen LogP contribution in [0.25, 0.3) is 11.2 Å². The summed E-state index contributed by atoms with van der Waals surface area (Å²) in [6.45, 7) is 4.25. The Kier molecular flexibility index (Phi) is 2.31. The molecule has 0 spiro atoms. The van der Waals surface area contributed by atoms with Crippen LogP contribution in [0, 0.1) is 12.8 Å². The summed E-state index contributed by atoms with van der Waals surface area (Å²) in [4.78, 5) is 8.89. The van der Waals surface area contributed by atoms with Gasteiger partial charge < -0.3 is 5.73 Å². The van der Waals surface area contributed by atoms with E-state index in [1.165, 1.54) is 19.3 Å². The van der Waals surface area contributed by atoms with Gasteiger partial charge in [-0.2, -0.15) is 0 Å². The van der Waals surface area contributed by atoms with Crippen LogP contribution in [0.3, 0.4) is 0 Å². The number of aryl methyl sites for hydroxylation is 1. The zero-order chi connectivity index (χ0) is 12.0. The van der Waals surface area contributed by atoms with E-state index in [9.17, 15) is 0 Å². The van der Waals surface area contributed by atoms with Crippen LogP contribution in [0.4, 0.5) is 5.95 Å². The first-order chi connectivity index (χ1) is 8.20. The summed E-state index contributed by atoms with van der Waals surface area (Å²) in [6.07, 6.45) is 5.62. The second-order valence-corrected chi connectivity index (χ2v) is 5.05. The predicted octanol–water partition coefficient (Wildman–Crippen LogP) is 2.68. The number of nitrogen functional groups attached to an aromatic ring is 1. The van der Waals surface area contributed by atoms with Gasteiger partial charge in [-0.15, -0.1) is 0 Å². The number of fused-ring (bicyclic) bond motifs is 1. The van der Waals surface area contributed by atoms with Crippen molar-refractivity contribution in [2.24, 2.45) is 5.92 Å². The molecule has 4 heteroatoms. The van der Waals surface area contributed by atoms with Gasteiger partial charge in [-0.25, -0.2) is 9.97 Å². The zero-order valence-corrected chi connectivity index (χ0v) is 10.3. The van der Waals surface area contributed by atoms with Crippen LogP contribution in [0.2, 0.25) is 0 Å². The Hall–Kier alpha value is -1.58. The minimum atomic E-state index is 0.523. The highest BCUT2D eigenvalue weighted by molar-refractivity contribution is 5.75. The molecule has 0 bridgehead atoms. The van der Waals surface area contributed by atoms with Crippen molar-refractivity contribution in [2.45, 2.75) is 39.2 Å². The molecule has 1 fully saturated rings. The SMILES string of the molecule is CCCC1CC1n1c(N)nc2cc(C)cnc21. The standard InChI is InChI=1S/C13H18N4/c1-3-4-9-6-11(9)17-12-10(16-13(17)14)5-8(2)7-15-12/h5,7,9,11H,3-4,6H2,1-2H3,(H2,14,16). The van der Waals surface area contributed by atoms with Crippen LogP contribution in [-0.4, -0.2) is 14.5 Å². The van der Waals surface area contributed by atoms with Gasteiger partial charge in [-0.05, 0) is 37.3 Å². The van der Waals surface area contributed by atoms with Crippen molar-refractivity contribution in [1.82, 2.24) is 14.5 Å². The van der Waals surface area contributed by atoms with E-state index >= 15 is 0 Å². The third kappa shape index (κ3) is 1.68. The normalized spacial score (nSPS) is 23.2. The maximum atomic E-state index is 6.01. The second-order valence-electron chi connectivity index (χ2n) is 5.05. The summed E-state index contributed by atoms with van der Waals surface area (Å²) in [7, 11) is 0. The molecular formula is C13H18N4. The summed E-state index contributed by atoms with van der Waals surface area (Å²) in [6, 6.07) is 2.57. The first-order valence-electron chi connectivity index (χ1n) is 6.30. The first kappa shape index (κ1) is 10.6. The van der Waals surface area contributed by atoms with Gasteiger partial charge >= 0.3 is 0 Å². The largest absolute Gasteiger partial charge is 0.369 e. The number of hydrogen-bond donors (Lipinski definition) is 1. The Morgan fingerprint density at radius 1 is 1.53 bits per heavy atom. The van der Waals surface area contributed by atoms with Gasteiger partial charge in [0.05, 0.1) is 0 Å². The average Bonchev–Trinajstić information content (AvgIpc) is 2.94. The molecule has 0 radical (unpaired) electrons. The molecule has 17 heavy (non-hydrogen) atoms. The number of nitrogens with two attached hydrogens (primary N) is 1. The lowest BCUT2D eigenvalue weighted by Crippen LogP contribution is -2.03. The Labute approximate surface area is 101 Å². The molecule has 2 aromatic heterocycles. The molecule has 3 rings (SSSR count).